The third-order valence-electron chi connectivity index (χ3n) is 2.39. The molecular weight excluding hydrogens is 142 g/mol. The topological polar surface area (TPSA) is 63.3 Å². The first-order valence-corrected chi connectivity index (χ1v) is 4.19. The van der Waals surface area contributed by atoms with E-state index in [1.54, 1.807) is 0 Å². The van der Waals surface area contributed by atoms with Crippen molar-refractivity contribution in [3.8, 4) is 0 Å². The fourth-order valence-electron chi connectivity index (χ4n) is 1.68. The number of hydrogen-bond donors (Lipinski definition) is 2. The number of hydrogen-bond acceptors (Lipinski definition) is 2. The van der Waals surface area contributed by atoms with Crippen molar-refractivity contribution in [3.63, 3.8) is 0 Å². The lowest BCUT2D eigenvalue weighted by atomic mass is 9.85. The molecule has 0 aromatic heterocycles. The molecule has 0 bridgehead atoms. The molecule has 1 saturated carbocycles. The van der Waals surface area contributed by atoms with Crippen molar-refractivity contribution in [2.75, 3.05) is 0 Å². The predicted octanol–water partition coefficient (Wildman–Crippen LogP) is 0.413. The molecule has 0 saturated heterocycles. The fourth-order valence-corrected chi connectivity index (χ4v) is 1.68. The number of carbonyl (C=O) groups is 1. The number of aliphatic hydroxyl groups excluding tert-OH is 1. The molecule has 0 aromatic carbocycles. The van der Waals surface area contributed by atoms with Gasteiger partial charge in [-0.05, 0) is 18.8 Å². The molecule has 1 fully saturated rings. The second kappa shape index (κ2) is 3.72. The molecule has 1 atom stereocenters. The van der Waals surface area contributed by atoms with Gasteiger partial charge in [0, 0.05) is 0 Å². The summed E-state index contributed by atoms with van der Waals surface area (Å²) in [5.74, 6) is -0.446. The van der Waals surface area contributed by atoms with E-state index in [-0.39, 0.29) is 5.92 Å². The largest absolute Gasteiger partial charge is 0.383 e. The summed E-state index contributed by atoms with van der Waals surface area (Å²) in [6, 6.07) is 0. The van der Waals surface area contributed by atoms with Crippen LogP contribution in [0.4, 0.5) is 0 Å². The van der Waals surface area contributed by atoms with Crippen molar-refractivity contribution in [1.29, 1.82) is 0 Å². The van der Waals surface area contributed by atoms with Gasteiger partial charge in [-0.15, -0.1) is 0 Å². The average Bonchev–Trinajstić information content (AvgIpc) is 2.05. The van der Waals surface area contributed by atoms with Crippen LogP contribution in [-0.2, 0) is 4.79 Å². The van der Waals surface area contributed by atoms with Crippen LogP contribution in [0.25, 0.3) is 0 Å². The van der Waals surface area contributed by atoms with E-state index in [0.717, 1.165) is 25.7 Å². The summed E-state index contributed by atoms with van der Waals surface area (Å²) in [6.45, 7) is 0. The summed E-state index contributed by atoms with van der Waals surface area (Å²) < 4.78 is 0. The summed E-state index contributed by atoms with van der Waals surface area (Å²) in [7, 11) is 0. The highest BCUT2D eigenvalue weighted by Crippen LogP contribution is 2.26. The van der Waals surface area contributed by atoms with Crippen molar-refractivity contribution >= 4 is 5.91 Å². The van der Waals surface area contributed by atoms with Crippen LogP contribution >= 0.6 is 0 Å². The number of aliphatic hydroxyl groups is 1. The highest BCUT2D eigenvalue weighted by Gasteiger charge is 2.25. The molecule has 0 heterocycles. The Kier molecular flexibility index (Phi) is 2.88. The molecule has 0 radical (unpaired) electrons. The van der Waals surface area contributed by atoms with Gasteiger partial charge < -0.3 is 10.8 Å². The maximum absolute atomic E-state index is 10.6. The highest BCUT2D eigenvalue weighted by atomic mass is 16.3. The van der Waals surface area contributed by atoms with Crippen LogP contribution in [0.5, 0.6) is 0 Å². The van der Waals surface area contributed by atoms with E-state index >= 15 is 0 Å². The highest BCUT2D eigenvalue weighted by molar-refractivity contribution is 5.78. The Hall–Kier alpha value is -0.570. The molecule has 11 heavy (non-hydrogen) atoms. The minimum Gasteiger partial charge on any atom is -0.383 e. The van der Waals surface area contributed by atoms with Crippen molar-refractivity contribution in [3.05, 3.63) is 0 Å². The standard InChI is InChI=1S/C8H15NO2/c9-8(11)7(10)6-4-2-1-3-5-6/h6-7,10H,1-5H2,(H2,9,11). The van der Waals surface area contributed by atoms with Gasteiger partial charge in [-0.1, -0.05) is 19.3 Å². The number of primary amides is 1. The fraction of sp³-hybridized carbons (Fsp3) is 0.875. The van der Waals surface area contributed by atoms with Crippen LogP contribution < -0.4 is 5.73 Å². The van der Waals surface area contributed by atoms with E-state index in [4.69, 9.17) is 5.73 Å². The van der Waals surface area contributed by atoms with E-state index in [9.17, 15) is 9.90 Å². The van der Waals surface area contributed by atoms with Gasteiger partial charge >= 0.3 is 0 Å². The summed E-state index contributed by atoms with van der Waals surface area (Å²) in [4.78, 5) is 10.6. The van der Waals surface area contributed by atoms with Gasteiger partial charge in [-0.2, -0.15) is 0 Å². The lowest BCUT2D eigenvalue weighted by Gasteiger charge is -2.24. The molecule has 0 aliphatic heterocycles. The van der Waals surface area contributed by atoms with E-state index < -0.39 is 12.0 Å². The van der Waals surface area contributed by atoms with Crippen LogP contribution in [0.1, 0.15) is 32.1 Å². The zero-order valence-corrected chi connectivity index (χ0v) is 6.62. The van der Waals surface area contributed by atoms with E-state index in [0.29, 0.717) is 0 Å². The van der Waals surface area contributed by atoms with Gasteiger partial charge in [0.05, 0.1) is 0 Å². The van der Waals surface area contributed by atoms with E-state index in [1.807, 2.05) is 0 Å². The molecule has 1 unspecified atom stereocenters. The average molecular weight is 157 g/mol. The number of amides is 1. The van der Waals surface area contributed by atoms with Crippen LogP contribution in [-0.4, -0.2) is 17.1 Å². The second-order valence-electron chi connectivity index (χ2n) is 3.25. The molecule has 1 aliphatic rings. The Morgan fingerprint density at radius 1 is 1.36 bits per heavy atom. The molecule has 3 nitrogen and oxygen atoms in total. The quantitative estimate of drug-likeness (QED) is 0.610. The smallest absolute Gasteiger partial charge is 0.246 e. The number of carbonyl (C=O) groups excluding carboxylic acids is 1. The normalized spacial score (nSPS) is 23.0. The van der Waals surface area contributed by atoms with Gasteiger partial charge in [0.25, 0.3) is 0 Å². The van der Waals surface area contributed by atoms with Gasteiger partial charge in [0.15, 0.2) is 0 Å². The summed E-state index contributed by atoms with van der Waals surface area (Å²) in [5, 5.41) is 9.28. The van der Waals surface area contributed by atoms with Crippen LogP contribution in [0.15, 0.2) is 0 Å². The molecule has 3 N–H and O–H groups in total. The third kappa shape index (κ3) is 2.19. The number of nitrogens with two attached hydrogens (primary N) is 1. The Labute approximate surface area is 66.6 Å². The molecule has 64 valence electrons. The predicted molar refractivity (Wildman–Crippen MR) is 41.8 cm³/mol. The first-order chi connectivity index (χ1) is 5.22. The first-order valence-electron chi connectivity index (χ1n) is 4.19. The Bertz CT molecular complexity index is 141. The van der Waals surface area contributed by atoms with Gasteiger partial charge in [0.2, 0.25) is 5.91 Å². The minimum atomic E-state index is -0.907. The summed E-state index contributed by atoms with van der Waals surface area (Å²) in [5.41, 5.74) is 4.98. The van der Waals surface area contributed by atoms with Crippen molar-refractivity contribution in [1.82, 2.24) is 0 Å². The second-order valence-corrected chi connectivity index (χ2v) is 3.25. The van der Waals surface area contributed by atoms with Crippen molar-refractivity contribution < 1.29 is 9.90 Å². The Morgan fingerprint density at radius 2 is 1.91 bits per heavy atom. The van der Waals surface area contributed by atoms with Gasteiger partial charge in [0.1, 0.15) is 6.10 Å². The van der Waals surface area contributed by atoms with E-state index in [1.165, 1.54) is 6.42 Å². The SMILES string of the molecule is NC(=O)C(O)C1CCCCC1. The maximum Gasteiger partial charge on any atom is 0.246 e. The molecule has 3 heteroatoms. The minimum absolute atomic E-state index is 0.126. The van der Waals surface area contributed by atoms with Gasteiger partial charge in [-0.25, -0.2) is 0 Å². The Balaban J connectivity index is 2.38. The molecule has 0 aromatic rings. The monoisotopic (exact) mass is 157 g/mol. The molecular formula is C8H15NO2. The zero-order valence-electron chi connectivity index (χ0n) is 6.62. The first kappa shape index (κ1) is 8.53. The molecule has 0 spiro atoms. The van der Waals surface area contributed by atoms with Crippen molar-refractivity contribution in [2.24, 2.45) is 11.7 Å². The number of rotatable bonds is 2. The van der Waals surface area contributed by atoms with Crippen LogP contribution in [0.3, 0.4) is 0 Å². The molecule has 1 aliphatic carbocycles. The lowest BCUT2D eigenvalue weighted by Crippen LogP contribution is -2.36. The third-order valence-corrected chi connectivity index (χ3v) is 2.39. The zero-order chi connectivity index (χ0) is 8.27. The van der Waals surface area contributed by atoms with Crippen LogP contribution in [0, 0.1) is 5.92 Å². The van der Waals surface area contributed by atoms with Gasteiger partial charge in [-0.3, -0.25) is 4.79 Å². The summed E-state index contributed by atoms with van der Waals surface area (Å²) >= 11 is 0. The van der Waals surface area contributed by atoms with Crippen molar-refractivity contribution in [2.45, 2.75) is 38.2 Å². The van der Waals surface area contributed by atoms with E-state index in [2.05, 4.69) is 0 Å². The Morgan fingerprint density at radius 3 is 2.36 bits per heavy atom. The summed E-state index contributed by atoms with van der Waals surface area (Å²) in [6.07, 6.45) is 4.45. The molecule has 1 rings (SSSR count). The lowest BCUT2D eigenvalue weighted by molar-refractivity contribution is -0.129. The molecule has 1 amide bonds. The van der Waals surface area contributed by atoms with Crippen LogP contribution in [0.2, 0.25) is 0 Å². The maximum atomic E-state index is 10.6.